The molecule has 56 valence electrons. The number of halogens is 1. The Kier molecular flexibility index (Phi) is 2.42. The highest BCUT2D eigenvalue weighted by molar-refractivity contribution is 6.31. The molecule has 11 heavy (non-hydrogen) atoms. The summed E-state index contributed by atoms with van der Waals surface area (Å²) in [5.41, 5.74) is 6.04. The molecule has 0 fully saturated rings. The summed E-state index contributed by atoms with van der Waals surface area (Å²) in [6, 6.07) is 2.86. The Labute approximate surface area is 69.4 Å². The molecule has 0 amide bonds. The van der Waals surface area contributed by atoms with E-state index in [1.54, 1.807) is 12.3 Å². The first kappa shape index (κ1) is 7.99. The molecule has 3 nitrogen and oxygen atoms in total. The third kappa shape index (κ3) is 1.67. The molecular formula is C7H6ClN3. The summed E-state index contributed by atoms with van der Waals surface area (Å²) in [7, 11) is 0. The van der Waals surface area contributed by atoms with Crippen molar-refractivity contribution in [2.24, 2.45) is 5.73 Å². The van der Waals surface area contributed by atoms with E-state index in [2.05, 4.69) is 4.98 Å². The van der Waals surface area contributed by atoms with Crippen molar-refractivity contribution in [1.29, 1.82) is 5.26 Å². The molecule has 0 saturated carbocycles. The monoisotopic (exact) mass is 167 g/mol. The van der Waals surface area contributed by atoms with E-state index in [0.29, 0.717) is 10.6 Å². The molecule has 0 unspecified atom stereocenters. The van der Waals surface area contributed by atoms with Crippen molar-refractivity contribution in [1.82, 2.24) is 4.98 Å². The Balaban J connectivity index is 3.05. The van der Waals surface area contributed by atoms with E-state index in [4.69, 9.17) is 22.6 Å². The van der Waals surface area contributed by atoms with Crippen LogP contribution in [-0.2, 0) is 0 Å². The van der Waals surface area contributed by atoms with E-state index in [1.807, 2.05) is 6.07 Å². The SMILES string of the molecule is N#C[C@@H](N)c1ccncc1Cl. The van der Waals surface area contributed by atoms with Crippen LogP contribution >= 0.6 is 11.6 Å². The van der Waals surface area contributed by atoms with Crippen LogP contribution in [0.25, 0.3) is 0 Å². The van der Waals surface area contributed by atoms with Gasteiger partial charge in [0.1, 0.15) is 6.04 Å². The molecule has 0 spiro atoms. The second-order valence-corrected chi connectivity index (χ2v) is 2.41. The van der Waals surface area contributed by atoms with Gasteiger partial charge in [0.25, 0.3) is 0 Å². The van der Waals surface area contributed by atoms with Crippen LogP contribution in [0.4, 0.5) is 0 Å². The summed E-state index contributed by atoms with van der Waals surface area (Å²) in [5, 5.41) is 8.89. The van der Waals surface area contributed by atoms with Crippen molar-refractivity contribution in [3.63, 3.8) is 0 Å². The molecule has 0 aliphatic rings. The number of nitrogens with two attached hydrogens (primary N) is 1. The minimum absolute atomic E-state index is 0.432. The fourth-order valence-corrected chi connectivity index (χ4v) is 0.945. The quantitative estimate of drug-likeness (QED) is 0.685. The Morgan fingerprint density at radius 1 is 1.73 bits per heavy atom. The molecule has 4 heteroatoms. The first-order valence-electron chi connectivity index (χ1n) is 3.00. The summed E-state index contributed by atoms with van der Waals surface area (Å²) >= 11 is 5.70. The second-order valence-electron chi connectivity index (χ2n) is 2.00. The van der Waals surface area contributed by atoms with E-state index in [1.165, 1.54) is 6.20 Å². The number of pyridine rings is 1. The van der Waals surface area contributed by atoms with E-state index < -0.39 is 6.04 Å². The lowest BCUT2D eigenvalue weighted by molar-refractivity contribution is 0.921. The van der Waals surface area contributed by atoms with Crippen LogP contribution in [0.2, 0.25) is 5.02 Å². The van der Waals surface area contributed by atoms with Gasteiger partial charge in [-0.1, -0.05) is 11.6 Å². The first-order chi connectivity index (χ1) is 5.25. The van der Waals surface area contributed by atoms with Crippen LogP contribution < -0.4 is 5.73 Å². The Morgan fingerprint density at radius 2 is 2.45 bits per heavy atom. The molecule has 0 aliphatic carbocycles. The Morgan fingerprint density at radius 3 is 3.00 bits per heavy atom. The number of nitriles is 1. The highest BCUT2D eigenvalue weighted by atomic mass is 35.5. The van der Waals surface area contributed by atoms with Gasteiger partial charge in [-0.2, -0.15) is 5.26 Å². The molecule has 1 rings (SSSR count). The van der Waals surface area contributed by atoms with Crippen molar-refractivity contribution in [2.75, 3.05) is 0 Å². The maximum absolute atomic E-state index is 8.46. The van der Waals surface area contributed by atoms with Gasteiger partial charge in [0.15, 0.2) is 0 Å². The zero-order valence-electron chi connectivity index (χ0n) is 5.66. The predicted octanol–water partition coefficient (Wildman–Crippen LogP) is 1.26. The third-order valence-corrected chi connectivity index (χ3v) is 1.59. The van der Waals surface area contributed by atoms with Crippen LogP contribution in [0.1, 0.15) is 11.6 Å². The van der Waals surface area contributed by atoms with Gasteiger partial charge in [-0.3, -0.25) is 4.98 Å². The molecule has 1 heterocycles. The summed E-state index contributed by atoms with van der Waals surface area (Å²) in [5.74, 6) is 0. The zero-order valence-corrected chi connectivity index (χ0v) is 6.42. The van der Waals surface area contributed by atoms with E-state index >= 15 is 0 Å². The average Bonchev–Trinajstić information content (AvgIpc) is 2.04. The van der Waals surface area contributed by atoms with E-state index in [9.17, 15) is 0 Å². The van der Waals surface area contributed by atoms with Crippen LogP contribution in [0.15, 0.2) is 18.5 Å². The maximum Gasteiger partial charge on any atom is 0.120 e. The van der Waals surface area contributed by atoms with Crippen LogP contribution in [-0.4, -0.2) is 4.98 Å². The Bertz CT molecular complexity index is 292. The maximum atomic E-state index is 8.46. The number of hydrogen-bond donors (Lipinski definition) is 1. The smallest absolute Gasteiger partial charge is 0.120 e. The third-order valence-electron chi connectivity index (χ3n) is 1.28. The van der Waals surface area contributed by atoms with Gasteiger partial charge in [0.2, 0.25) is 0 Å². The number of aromatic nitrogens is 1. The van der Waals surface area contributed by atoms with Gasteiger partial charge < -0.3 is 5.73 Å². The Hall–Kier alpha value is -1.11. The minimum Gasteiger partial charge on any atom is -0.312 e. The molecular weight excluding hydrogens is 162 g/mol. The van der Waals surface area contributed by atoms with Gasteiger partial charge in [-0.15, -0.1) is 0 Å². The topological polar surface area (TPSA) is 62.7 Å². The van der Waals surface area contributed by atoms with Crippen LogP contribution in [0, 0.1) is 11.3 Å². The highest BCUT2D eigenvalue weighted by Crippen LogP contribution is 2.18. The molecule has 0 aromatic carbocycles. The summed E-state index contributed by atoms with van der Waals surface area (Å²) in [4.78, 5) is 3.76. The fourth-order valence-electron chi connectivity index (χ4n) is 0.708. The fraction of sp³-hybridized carbons (Fsp3) is 0.143. The summed E-state index contributed by atoms with van der Waals surface area (Å²) in [6.07, 6.45) is 3.02. The minimum atomic E-state index is -0.662. The molecule has 0 bridgehead atoms. The molecule has 1 aromatic rings. The summed E-state index contributed by atoms with van der Waals surface area (Å²) in [6.45, 7) is 0. The second kappa shape index (κ2) is 3.33. The lowest BCUT2D eigenvalue weighted by Crippen LogP contribution is -2.07. The predicted molar refractivity (Wildman–Crippen MR) is 41.8 cm³/mol. The van der Waals surface area contributed by atoms with Crippen molar-refractivity contribution in [3.8, 4) is 6.07 Å². The largest absolute Gasteiger partial charge is 0.312 e. The normalized spacial score (nSPS) is 12.1. The molecule has 0 radical (unpaired) electrons. The zero-order chi connectivity index (χ0) is 8.27. The standard InChI is InChI=1S/C7H6ClN3/c8-6-4-11-2-1-5(6)7(10)3-9/h1-2,4,7H,10H2/t7-/m1/s1. The van der Waals surface area contributed by atoms with Gasteiger partial charge in [0.05, 0.1) is 11.1 Å². The number of hydrogen-bond acceptors (Lipinski definition) is 3. The number of nitrogens with zero attached hydrogens (tertiary/aromatic N) is 2. The van der Waals surface area contributed by atoms with Crippen molar-refractivity contribution in [2.45, 2.75) is 6.04 Å². The lowest BCUT2D eigenvalue weighted by Gasteiger charge is -2.02. The molecule has 0 aliphatic heterocycles. The molecule has 0 saturated heterocycles. The lowest BCUT2D eigenvalue weighted by atomic mass is 10.1. The van der Waals surface area contributed by atoms with Gasteiger partial charge in [-0.05, 0) is 6.07 Å². The van der Waals surface area contributed by atoms with Crippen LogP contribution in [0.5, 0.6) is 0 Å². The average molecular weight is 168 g/mol. The van der Waals surface area contributed by atoms with Crippen molar-refractivity contribution >= 4 is 11.6 Å². The van der Waals surface area contributed by atoms with Gasteiger partial charge in [0, 0.05) is 18.0 Å². The highest BCUT2D eigenvalue weighted by Gasteiger charge is 2.07. The van der Waals surface area contributed by atoms with Gasteiger partial charge >= 0.3 is 0 Å². The molecule has 1 aromatic heterocycles. The van der Waals surface area contributed by atoms with E-state index in [-0.39, 0.29) is 0 Å². The van der Waals surface area contributed by atoms with Crippen molar-refractivity contribution in [3.05, 3.63) is 29.0 Å². The molecule has 2 N–H and O–H groups in total. The molecule has 1 atom stereocenters. The van der Waals surface area contributed by atoms with Crippen molar-refractivity contribution < 1.29 is 0 Å². The first-order valence-corrected chi connectivity index (χ1v) is 3.38. The van der Waals surface area contributed by atoms with E-state index in [0.717, 1.165) is 0 Å². The van der Waals surface area contributed by atoms with Crippen LogP contribution in [0.3, 0.4) is 0 Å². The summed E-state index contributed by atoms with van der Waals surface area (Å²) < 4.78 is 0. The number of rotatable bonds is 1. The van der Waals surface area contributed by atoms with Gasteiger partial charge in [-0.25, -0.2) is 0 Å².